The summed E-state index contributed by atoms with van der Waals surface area (Å²) in [6.45, 7) is 7.25. The third-order valence-electron chi connectivity index (χ3n) is 2.47. The van der Waals surface area contributed by atoms with Gasteiger partial charge in [0, 0.05) is 12.0 Å². The third kappa shape index (κ3) is 4.80. The Morgan fingerprint density at radius 1 is 1.30 bits per heavy atom. The van der Waals surface area contributed by atoms with Crippen molar-refractivity contribution in [3.63, 3.8) is 0 Å². The number of carbonyl (C=O) groups excluding carboxylic acids is 1. The Morgan fingerprint density at radius 2 is 1.95 bits per heavy atom. The van der Waals surface area contributed by atoms with Crippen LogP contribution in [-0.2, 0) is 14.8 Å². The van der Waals surface area contributed by atoms with Crippen LogP contribution in [0.3, 0.4) is 0 Å². The molecule has 0 aliphatic heterocycles. The monoisotopic (exact) mass is 320 g/mol. The fraction of sp³-hybridized carbons (Fsp3) is 0.727. The van der Waals surface area contributed by atoms with Crippen molar-refractivity contribution in [2.45, 2.75) is 50.9 Å². The number of amides is 1. The molecule has 0 saturated carbocycles. The van der Waals surface area contributed by atoms with E-state index in [4.69, 9.17) is 0 Å². The van der Waals surface area contributed by atoms with Gasteiger partial charge in [0.15, 0.2) is 0 Å². The van der Waals surface area contributed by atoms with Crippen LogP contribution in [-0.4, -0.2) is 30.6 Å². The van der Waals surface area contributed by atoms with Gasteiger partial charge in [0.05, 0.1) is 0 Å². The molecule has 0 unspecified atom stereocenters. The number of nitrogens with zero attached hydrogens (tertiary/aromatic N) is 2. The van der Waals surface area contributed by atoms with Crippen LogP contribution in [0.5, 0.6) is 0 Å². The minimum Gasteiger partial charge on any atom is -0.300 e. The summed E-state index contributed by atoms with van der Waals surface area (Å²) in [6, 6.07) is -0.164. The van der Waals surface area contributed by atoms with E-state index >= 15 is 0 Å². The molecule has 9 heteroatoms. The van der Waals surface area contributed by atoms with E-state index in [9.17, 15) is 13.2 Å². The molecule has 1 amide bonds. The second-order valence-corrected chi connectivity index (χ2v) is 7.69. The van der Waals surface area contributed by atoms with Crippen molar-refractivity contribution < 1.29 is 13.2 Å². The first-order valence-electron chi connectivity index (χ1n) is 6.43. The van der Waals surface area contributed by atoms with Gasteiger partial charge < -0.3 is 5.32 Å². The molecule has 0 saturated heterocycles. The van der Waals surface area contributed by atoms with Crippen LogP contribution in [0.1, 0.15) is 40.5 Å². The highest BCUT2D eigenvalue weighted by Gasteiger charge is 2.23. The van der Waals surface area contributed by atoms with Crippen molar-refractivity contribution in [2.75, 3.05) is 5.32 Å². The zero-order valence-corrected chi connectivity index (χ0v) is 13.6. The largest absolute Gasteiger partial charge is 0.300 e. The minimum atomic E-state index is -3.67. The highest BCUT2D eigenvalue weighted by Crippen LogP contribution is 2.20. The Morgan fingerprint density at radius 3 is 2.50 bits per heavy atom. The molecule has 0 aliphatic carbocycles. The summed E-state index contributed by atoms with van der Waals surface area (Å²) >= 11 is 0.841. The van der Waals surface area contributed by atoms with E-state index in [0.29, 0.717) is 0 Å². The van der Waals surface area contributed by atoms with Gasteiger partial charge in [-0.1, -0.05) is 38.5 Å². The summed E-state index contributed by atoms with van der Waals surface area (Å²) in [5.74, 6) is -0.431. The Balaban J connectivity index is 2.77. The molecule has 0 bridgehead atoms. The Bertz CT molecular complexity index is 554. The van der Waals surface area contributed by atoms with Crippen molar-refractivity contribution in [3.05, 3.63) is 0 Å². The Labute approximate surface area is 123 Å². The second kappa shape index (κ2) is 7.09. The van der Waals surface area contributed by atoms with Crippen LogP contribution < -0.4 is 10.0 Å². The average Bonchev–Trinajstić information content (AvgIpc) is 2.77. The number of hydrogen-bond donors (Lipinski definition) is 2. The molecule has 1 heterocycles. The van der Waals surface area contributed by atoms with Crippen LogP contribution in [0.2, 0.25) is 0 Å². The van der Waals surface area contributed by atoms with Crippen LogP contribution >= 0.6 is 11.3 Å². The van der Waals surface area contributed by atoms with E-state index in [1.807, 2.05) is 6.92 Å². The van der Waals surface area contributed by atoms with E-state index in [1.165, 1.54) is 0 Å². The van der Waals surface area contributed by atoms with Crippen LogP contribution in [0.15, 0.2) is 4.34 Å². The summed E-state index contributed by atoms with van der Waals surface area (Å²) < 4.78 is 26.5. The molecule has 7 nitrogen and oxygen atoms in total. The topological polar surface area (TPSA) is 101 Å². The first-order chi connectivity index (χ1) is 9.26. The molecule has 1 aromatic rings. The number of hydrogen-bond acceptors (Lipinski definition) is 6. The van der Waals surface area contributed by atoms with Crippen molar-refractivity contribution in [1.29, 1.82) is 0 Å². The van der Waals surface area contributed by atoms with Gasteiger partial charge >= 0.3 is 0 Å². The lowest BCUT2D eigenvalue weighted by Gasteiger charge is -2.10. The van der Waals surface area contributed by atoms with Gasteiger partial charge in [-0.05, 0) is 13.3 Å². The normalized spacial score (nSPS) is 13.4. The van der Waals surface area contributed by atoms with Gasteiger partial charge in [0.25, 0.3) is 10.0 Å². The molecule has 0 aliphatic rings. The zero-order chi connectivity index (χ0) is 15.3. The molecule has 20 heavy (non-hydrogen) atoms. The van der Waals surface area contributed by atoms with Crippen LogP contribution in [0, 0.1) is 5.92 Å². The smallest absolute Gasteiger partial charge is 0.270 e. The predicted octanol–water partition coefficient (Wildman–Crippen LogP) is 1.60. The fourth-order valence-electron chi connectivity index (χ4n) is 1.43. The van der Waals surface area contributed by atoms with Gasteiger partial charge in [0.1, 0.15) is 0 Å². The molecular formula is C11H20N4O3S2. The highest BCUT2D eigenvalue weighted by atomic mass is 32.2. The fourth-order valence-corrected chi connectivity index (χ4v) is 3.62. The molecule has 0 radical (unpaired) electrons. The van der Waals surface area contributed by atoms with Crippen molar-refractivity contribution in [3.8, 4) is 0 Å². The lowest BCUT2D eigenvalue weighted by atomic mass is 10.2. The minimum absolute atomic E-state index is 0.139. The molecule has 1 aromatic heterocycles. The molecule has 0 fully saturated rings. The average molecular weight is 320 g/mol. The lowest BCUT2D eigenvalue weighted by Crippen LogP contribution is -2.32. The van der Waals surface area contributed by atoms with Gasteiger partial charge in [0.2, 0.25) is 15.4 Å². The molecule has 1 atom stereocenters. The summed E-state index contributed by atoms with van der Waals surface area (Å²) in [4.78, 5) is 11.5. The second-order valence-electron chi connectivity index (χ2n) is 4.83. The van der Waals surface area contributed by atoms with E-state index in [1.54, 1.807) is 20.8 Å². The maximum Gasteiger partial charge on any atom is 0.270 e. The number of aromatic nitrogens is 2. The van der Waals surface area contributed by atoms with Gasteiger partial charge in [-0.15, -0.1) is 10.2 Å². The SMILES string of the molecule is CCC[C@@H](C)NS(=O)(=O)c1nnc(NC(=O)C(C)C)s1. The maximum absolute atomic E-state index is 12.0. The van der Waals surface area contributed by atoms with Gasteiger partial charge in [-0.25, -0.2) is 13.1 Å². The van der Waals surface area contributed by atoms with Crippen molar-refractivity contribution in [2.24, 2.45) is 5.92 Å². The predicted molar refractivity (Wildman–Crippen MR) is 78.1 cm³/mol. The van der Waals surface area contributed by atoms with E-state index < -0.39 is 10.0 Å². The summed E-state index contributed by atoms with van der Waals surface area (Å²) in [6.07, 6.45) is 1.63. The molecule has 0 aromatic carbocycles. The number of rotatable bonds is 7. The molecule has 114 valence electrons. The van der Waals surface area contributed by atoms with E-state index in [-0.39, 0.29) is 27.3 Å². The zero-order valence-electron chi connectivity index (χ0n) is 12.0. The number of sulfonamides is 1. The Hall–Kier alpha value is -1.06. The van der Waals surface area contributed by atoms with E-state index in [0.717, 1.165) is 24.2 Å². The third-order valence-corrected chi connectivity index (χ3v) is 5.26. The highest BCUT2D eigenvalue weighted by molar-refractivity contribution is 7.91. The summed E-state index contributed by atoms with van der Waals surface area (Å²) in [5, 5.41) is 10.0. The first-order valence-corrected chi connectivity index (χ1v) is 8.73. The summed E-state index contributed by atoms with van der Waals surface area (Å²) in [7, 11) is -3.67. The van der Waals surface area contributed by atoms with Crippen molar-refractivity contribution >= 4 is 32.4 Å². The molecular weight excluding hydrogens is 300 g/mol. The first kappa shape index (κ1) is 17.0. The summed E-state index contributed by atoms with van der Waals surface area (Å²) in [5.41, 5.74) is 0. The van der Waals surface area contributed by atoms with Crippen LogP contribution in [0.25, 0.3) is 0 Å². The number of anilines is 1. The van der Waals surface area contributed by atoms with E-state index in [2.05, 4.69) is 20.2 Å². The Kier molecular flexibility index (Phi) is 6.03. The van der Waals surface area contributed by atoms with Gasteiger partial charge in [-0.2, -0.15) is 0 Å². The number of nitrogens with one attached hydrogen (secondary N) is 2. The van der Waals surface area contributed by atoms with Gasteiger partial charge in [-0.3, -0.25) is 4.79 Å². The molecule has 1 rings (SSSR count). The molecule has 2 N–H and O–H groups in total. The maximum atomic E-state index is 12.0. The molecule has 0 spiro atoms. The van der Waals surface area contributed by atoms with Crippen LogP contribution in [0.4, 0.5) is 5.13 Å². The lowest BCUT2D eigenvalue weighted by molar-refractivity contribution is -0.118. The quantitative estimate of drug-likeness (QED) is 0.743. The number of carbonyl (C=O) groups is 1. The standard InChI is InChI=1S/C11H20N4O3S2/c1-5-6-8(4)15-20(17,18)11-14-13-10(19-11)12-9(16)7(2)3/h7-8,15H,5-6H2,1-4H3,(H,12,13,16)/t8-/m1/s1. The van der Waals surface area contributed by atoms with Crippen molar-refractivity contribution in [1.82, 2.24) is 14.9 Å².